The Morgan fingerprint density at radius 3 is 2.83 bits per heavy atom. The lowest BCUT2D eigenvalue weighted by molar-refractivity contribution is 0.0601. The van der Waals surface area contributed by atoms with Gasteiger partial charge in [-0.3, -0.25) is 5.32 Å². The summed E-state index contributed by atoms with van der Waals surface area (Å²) in [7, 11) is 1.30. The number of nitriles is 1. The third-order valence-electron chi connectivity index (χ3n) is 1.95. The predicted octanol–water partition coefficient (Wildman–Crippen LogP) is 2.55. The molecule has 0 heterocycles. The second kappa shape index (κ2) is 6.89. The summed E-state index contributed by atoms with van der Waals surface area (Å²) >= 11 is 7.28. The molecule has 18 heavy (non-hydrogen) atoms. The number of hydrogen-bond acceptors (Lipinski definition) is 5. The number of esters is 1. The first-order valence-corrected chi connectivity index (χ1v) is 6.38. The van der Waals surface area contributed by atoms with Gasteiger partial charge in [0.2, 0.25) is 0 Å². The fourth-order valence-corrected chi connectivity index (χ4v) is 1.68. The first-order chi connectivity index (χ1) is 8.62. The molecule has 1 N–H and O–H groups in total. The van der Waals surface area contributed by atoms with E-state index >= 15 is 0 Å². The number of rotatable bonds is 2. The second-order valence-corrected chi connectivity index (χ2v) is 4.22. The van der Waals surface area contributed by atoms with Crippen molar-refractivity contribution in [3.63, 3.8) is 0 Å². The normalized spacial score (nSPS) is 10.7. The average Bonchev–Trinajstić information content (AvgIpc) is 2.39. The molecule has 0 bridgehead atoms. The van der Waals surface area contributed by atoms with Crippen molar-refractivity contribution in [3.05, 3.63) is 28.8 Å². The lowest BCUT2D eigenvalue weighted by atomic mass is 10.2. The van der Waals surface area contributed by atoms with Crippen LogP contribution in [0.2, 0.25) is 5.02 Å². The van der Waals surface area contributed by atoms with Crippen LogP contribution in [-0.4, -0.2) is 24.5 Å². The molecule has 0 aromatic heterocycles. The highest BCUT2D eigenvalue weighted by molar-refractivity contribution is 8.13. The van der Waals surface area contributed by atoms with Crippen molar-refractivity contribution in [3.8, 4) is 6.19 Å². The molecule has 0 atom stereocenters. The number of halogens is 1. The number of nitrogens with one attached hydrogen (secondary N) is 1. The first-order valence-electron chi connectivity index (χ1n) is 4.78. The molecule has 0 aliphatic heterocycles. The Morgan fingerprint density at radius 2 is 2.33 bits per heavy atom. The number of carbonyl (C=O) groups is 1. The zero-order chi connectivity index (χ0) is 13.5. The molecule has 1 aromatic rings. The van der Waals surface area contributed by atoms with Gasteiger partial charge < -0.3 is 4.74 Å². The van der Waals surface area contributed by atoms with Gasteiger partial charge in [-0.2, -0.15) is 5.26 Å². The minimum absolute atomic E-state index is 0.309. The van der Waals surface area contributed by atoms with E-state index in [1.54, 1.807) is 24.6 Å². The lowest BCUT2D eigenvalue weighted by Gasteiger charge is -2.04. The molecule has 5 nitrogen and oxygen atoms in total. The SMILES string of the molecule is COC(=O)c1ccc(N=C(NC#N)SC)c(Cl)c1. The van der Waals surface area contributed by atoms with Crippen molar-refractivity contribution in [2.75, 3.05) is 13.4 Å². The largest absolute Gasteiger partial charge is 0.465 e. The molecule has 1 aromatic carbocycles. The van der Waals surface area contributed by atoms with Crippen LogP contribution in [0.5, 0.6) is 0 Å². The van der Waals surface area contributed by atoms with Crippen molar-refractivity contribution in [2.45, 2.75) is 0 Å². The zero-order valence-electron chi connectivity index (χ0n) is 9.73. The number of hydrogen-bond donors (Lipinski definition) is 1. The van der Waals surface area contributed by atoms with E-state index in [2.05, 4.69) is 15.0 Å². The Kier molecular flexibility index (Phi) is 5.49. The highest BCUT2D eigenvalue weighted by atomic mass is 35.5. The minimum atomic E-state index is -0.465. The molecule has 0 radical (unpaired) electrons. The van der Waals surface area contributed by atoms with E-state index in [0.29, 0.717) is 21.4 Å². The quantitative estimate of drug-likeness (QED) is 0.297. The summed E-state index contributed by atoms with van der Waals surface area (Å²) < 4.78 is 4.58. The number of carbonyl (C=O) groups excluding carboxylic acids is 1. The van der Waals surface area contributed by atoms with Gasteiger partial charge in [-0.05, 0) is 24.5 Å². The van der Waals surface area contributed by atoms with Crippen molar-refractivity contribution in [1.29, 1.82) is 5.26 Å². The topological polar surface area (TPSA) is 74.5 Å². The van der Waals surface area contributed by atoms with Crippen LogP contribution in [-0.2, 0) is 4.74 Å². The van der Waals surface area contributed by atoms with Crippen LogP contribution in [0.25, 0.3) is 0 Å². The zero-order valence-corrected chi connectivity index (χ0v) is 11.3. The van der Waals surface area contributed by atoms with Crippen molar-refractivity contribution >= 4 is 40.2 Å². The third-order valence-corrected chi connectivity index (χ3v) is 2.83. The number of thioether (sulfide) groups is 1. The molecule has 0 fully saturated rings. The van der Waals surface area contributed by atoms with E-state index in [1.165, 1.54) is 24.9 Å². The molecule has 0 spiro atoms. The van der Waals surface area contributed by atoms with E-state index in [-0.39, 0.29) is 0 Å². The summed E-state index contributed by atoms with van der Waals surface area (Å²) in [6.07, 6.45) is 3.56. The van der Waals surface area contributed by atoms with Crippen molar-refractivity contribution in [2.24, 2.45) is 4.99 Å². The van der Waals surface area contributed by atoms with Gasteiger partial charge in [-0.1, -0.05) is 23.4 Å². The number of aliphatic imine (C=N–C) groups is 1. The monoisotopic (exact) mass is 283 g/mol. The number of benzene rings is 1. The highest BCUT2D eigenvalue weighted by Crippen LogP contribution is 2.27. The molecule has 0 aliphatic carbocycles. The van der Waals surface area contributed by atoms with E-state index in [1.807, 2.05) is 0 Å². The lowest BCUT2D eigenvalue weighted by Crippen LogP contribution is -2.12. The van der Waals surface area contributed by atoms with Crippen molar-refractivity contribution in [1.82, 2.24) is 5.32 Å². The van der Waals surface area contributed by atoms with E-state index in [4.69, 9.17) is 16.9 Å². The van der Waals surface area contributed by atoms with Crippen LogP contribution in [0.15, 0.2) is 23.2 Å². The molecule has 0 aliphatic rings. The molecule has 0 saturated carbocycles. The first kappa shape index (κ1) is 14.4. The van der Waals surface area contributed by atoms with Gasteiger partial charge in [0.1, 0.15) is 0 Å². The van der Waals surface area contributed by atoms with E-state index in [0.717, 1.165) is 0 Å². The van der Waals surface area contributed by atoms with E-state index in [9.17, 15) is 4.79 Å². The van der Waals surface area contributed by atoms with Crippen LogP contribution in [0, 0.1) is 11.5 Å². The maximum absolute atomic E-state index is 11.3. The summed E-state index contributed by atoms with van der Waals surface area (Å²) in [6, 6.07) is 4.61. The Labute approximate surface area is 114 Å². The number of amidine groups is 1. The van der Waals surface area contributed by atoms with E-state index < -0.39 is 5.97 Å². The van der Waals surface area contributed by atoms with Gasteiger partial charge in [0, 0.05) is 0 Å². The fourth-order valence-electron chi connectivity index (χ4n) is 1.12. The Morgan fingerprint density at radius 1 is 1.61 bits per heavy atom. The molecule has 0 saturated heterocycles. The Bertz CT molecular complexity index is 526. The van der Waals surface area contributed by atoms with Crippen LogP contribution >= 0.6 is 23.4 Å². The molecule has 0 unspecified atom stereocenters. The number of ether oxygens (including phenoxy) is 1. The fraction of sp³-hybridized carbons (Fsp3) is 0.182. The summed E-state index contributed by atoms with van der Waals surface area (Å²) in [4.78, 5) is 15.4. The van der Waals surface area contributed by atoms with Gasteiger partial charge >= 0.3 is 5.97 Å². The summed E-state index contributed by atoms with van der Waals surface area (Å²) in [6.45, 7) is 0. The molecule has 1 rings (SSSR count). The Hall–Kier alpha value is -1.71. The highest BCUT2D eigenvalue weighted by Gasteiger charge is 2.08. The van der Waals surface area contributed by atoms with Gasteiger partial charge in [0.25, 0.3) is 0 Å². The molecular weight excluding hydrogens is 274 g/mol. The molecule has 0 amide bonds. The summed E-state index contributed by atoms with van der Waals surface area (Å²) in [5.74, 6) is -0.465. The molecular formula is C11H10ClN3O2S. The average molecular weight is 284 g/mol. The van der Waals surface area contributed by atoms with Gasteiger partial charge in [-0.25, -0.2) is 9.79 Å². The van der Waals surface area contributed by atoms with Crippen LogP contribution < -0.4 is 5.32 Å². The Balaban J connectivity index is 3.06. The van der Waals surface area contributed by atoms with Crippen LogP contribution in [0.1, 0.15) is 10.4 Å². The second-order valence-electron chi connectivity index (χ2n) is 3.02. The van der Waals surface area contributed by atoms with Gasteiger partial charge in [-0.15, -0.1) is 0 Å². The smallest absolute Gasteiger partial charge is 0.337 e. The predicted molar refractivity (Wildman–Crippen MR) is 72.2 cm³/mol. The maximum Gasteiger partial charge on any atom is 0.337 e. The molecule has 94 valence electrons. The summed E-state index contributed by atoms with van der Waals surface area (Å²) in [5.41, 5.74) is 0.816. The van der Waals surface area contributed by atoms with Crippen LogP contribution in [0.3, 0.4) is 0 Å². The van der Waals surface area contributed by atoms with Crippen molar-refractivity contribution < 1.29 is 9.53 Å². The number of nitrogens with zero attached hydrogens (tertiary/aromatic N) is 2. The van der Waals surface area contributed by atoms with Crippen LogP contribution in [0.4, 0.5) is 5.69 Å². The molecule has 7 heteroatoms. The third kappa shape index (κ3) is 3.65. The standard InChI is InChI=1S/C11H10ClN3O2S/c1-17-10(16)7-3-4-9(8(12)5-7)15-11(18-2)14-6-13/h3-5H,1-2H3,(H,14,15). The maximum atomic E-state index is 11.3. The summed E-state index contributed by atoms with van der Waals surface area (Å²) in [5, 5.41) is 11.7. The minimum Gasteiger partial charge on any atom is -0.465 e. The van der Waals surface area contributed by atoms with Gasteiger partial charge in [0.15, 0.2) is 11.4 Å². The number of methoxy groups -OCH3 is 1. The van der Waals surface area contributed by atoms with Gasteiger partial charge in [0.05, 0.1) is 23.4 Å².